The van der Waals surface area contributed by atoms with E-state index in [1.807, 2.05) is 12.1 Å². The van der Waals surface area contributed by atoms with Gasteiger partial charge in [-0.25, -0.2) is 0 Å². The summed E-state index contributed by atoms with van der Waals surface area (Å²) in [6.45, 7) is 7.71. The zero-order valence-corrected chi connectivity index (χ0v) is 15.2. The van der Waals surface area contributed by atoms with Crippen LogP contribution in [0.3, 0.4) is 0 Å². The molecule has 3 rings (SSSR count). The maximum atomic E-state index is 12.8. The standard InChI is InChI=1S/C18H29N5O2/c1-14-5-3-6-15(2)23(14)18(24)13-22-9-10-25-16(12-22)11-19-17-7-4-8-20-21-17/h4,7-8,14-16H,3,5-6,9-13H2,1-2H3,(H,19,21)/t14-,15-,16+/m1/s1. The Morgan fingerprint density at radius 3 is 2.88 bits per heavy atom. The number of ether oxygens (including phenoxy) is 1. The van der Waals surface area contributed by atoms with Gasteiger partial charge in [0.1, 0.15) is 5.82 Å². The SMILES string of the molecule is C[C@@H]1CCC[C@@H](C)N1C(=O)CN1CCO[C@@H](CNc2cccnn2)C1. The number of likely N-dealkylation sites (tertiary alicyclic amines) is 1. The third kappa shape index (κ3) is 4.89. The molecule has 25 heavy (non-hydrogen) atoms. The van der Waals surface area contributed by atoms with Crippen LogP contribution in [0.25, 0.3) is 0 Å². The lowest BCUT2D eigenvalue weighted by Crippen LogP contribution is -2.54. The molecule has 138 valence electrons. The van der Waals surface area contributed by atoms with E-state index < -0.39 is 0 Å². The molecule has 3 atom stereocenters. The van der Waals surface area contributed by atoms with Gasteiger partial charge in [0.05, 0.1) is 19.3 Å². The van der Waals surface area contributed by atoms with Crippen molar-refractivity contribution in [3.63, 3.8) is 0 Å². The van der Waals surface area contributed by atoms with Gasteiger partial charge in [0.2, 0.25) is 5.91 Å². The van der Waals surface area contributed by atoms with E-state index in [9.17, 15) is 4.79 Å². The lowest BCUT2D eigenvalue weighted by atomic mass is 9.97. The van der Waals surface area contributed by atoms with Crippen molar-refractivity contribution in [1.29, 1.82) is 0 Å². The fourth-order valence-corrected chi connectivity index (χ4v) is 3.85. The molecule has 7 heteroatoms. The Morgan fingerprint density at radius 2 is 2.16 bits per heavy atom. The molecule has 0 radical (unpaired) electrons. The molecule has 3 heterocycles. The summed E-state index contributed by atoms with van der Waals surface area (Å²) in [7, 11) is 0. The molecule has 0 bridgehead atoms. The van der Waals surface area contributed by atoms with Gasteiger partial charge in [-0.05, 0) is 45.2 Å². The summed E-state index contributed by atoms with van der Waals surface area (Å²) in [4.78, 5) is 17.1. The van der Waals surface area contributed by atoms with Crippen LogP contribution in [0, 0.1) is 0 Å². The Hall–Kier alpha value is -1.73. The number of anilines is 1. The molecule has 1 aromatic heterocycles. The van der Waals surface area contributed by atoms with Crippen LogP contribution in [0.15, 0.2) is 18.3 Å². The lowest BCUT2D eigenvalue weighted by Gasteiger charge is -2.41. The van der Waals surface area contributed by atoms with Gasteiger partial charge in [-0.15, -0.1) is 5.10 Å². The number of morpholine rings is 1. The van der Waals surface area contributed by atoms with Gasteiger partial charge in [-0.3, -0.25) is 9.69 Å². The molecular weight excluding hydrogens is 318 g/mol. The molecule has 1 amide bonds. The Balaban J connectivity index is 1.48. The van der Waals surface area contributed by atoms with Crippen molar-refractivity contribution in [2.24, 2.45) is 0 Å². The highest BCUT2D eigenvalue weighted by molar-refractivity contribution is 5.79. The average molecular weight is 347 g/mol. The predicted molar refractivity (Wildman–Crippen MR) is 96.3 cm³/mol. The molecule has 2 saturated heterocycles. The number of aromatic nitrogens is 2. The molecule has 0 aromatic carbocycles. The van der Waals surface area contributed by atoms with E-state index in [1.54, 1.807) is 6.20 Å². The number of nitrogens with one attached hydrogen (secondary N) is 1. The molecule has 1 aromatic rings. The van der Waals surface area contributed by atoms with Gasteiger partial charge < -0.3 is 15.0 Å². The lowest BCUT2D eigenvalue weighted by molar-refractivity contribution is -0.140. The number of amides is 1. The Morgan fingerprint density at radius 1 is 1.36 bits per heavy atom. The van der Waals surface area contributed by atoms with Crippen molar-refractivity contribution in [2.45, 2.75) is 51.3 Å². The minimum absolute atomic E-state index is 0.0553. The highest BCUT2D eigenvalue weighted by Crippen LogP contribution is 2.23. The van der Waals surface area contributed by atoms with Crippen LogP contribution in [-0.2, 0) is 9.53 Å². The first kappa shape index (κ1) is 18.1. The Labute approximate surface area is 149 Å². The smallest absolute Gasteiger partial charge is 0.237 e. The second-order valence-electron chi connectivity index (χ2n) is 7.15. The normalized spacial score (nSPS) is 27.9. The van der Waals surface area contributed by atoms with Gasteiger partial charge in [-0.2, -0.15) is 5.10 Å². The van der Waals surface area contributed by atoms with Crippen molar-refractivity contribution in [3.8, 4) is 0 Å². The molecule has 0 spiro atoms. The second kappa shape index (κ2) is 8.58. The zero-order valence-electron chi connectivity index (χ0n) is 15.2. The summed E-state index contributed by atoms with van der Waals surface area (Å²) in [6.07, 6.45) is 5.16. The van der Waals surface area contributed by atoms with Gasteiger partial charge in [0.15, 0.2) is 0 Å². The highest BCUT2D eigenvalue weighted by Gasteiger charge is 2.31. The minimum atomic E-state index is 0.0553. The topological polar surface area (TPSA) is 70.6 Å². The second-order valence-corrected chi connectivity index (χ2v) is 7.15. The van der Waals surface area contributed by atoms with Gasteiger partial charge in [-0.1, -0.05) is 0 Å². The molecule has 2 aliphatic heterocycles. The molecular formula is C18H29N5O2. The van der Waals surface area contributed by atoms with Crippen molar-refractivity contribution < 1.29 is 9.53 Å². The first-order chi connectivity index (χ1) is 12.1. The summed E-state index contributed by atoms with van der Waals surface area (Å²) in [5, 5.41) is 11.1. The third-order valence-electron chi connectivity index (χ3n) is 5.15. The van der Waals surface area contributed by atoms with Crippen LogP contribution in [0.1, 0.15) is 33.1 Å². The van der Waals surface area contributed by atoms with Crippen molar-refractivity contribution in [1.82, 2.24) is 20.0 Å². The predicted octanol–water partition coefficient (Wildman–Crippen LogP) is 1.38. The average Bonchev–Trinajstić information content (AvgIpc) is 2.61. The first-order valence-electron chi connectivity index (χ1n) is 9.30. The molecule has 2 fully saturated rings. The van der Waals surface area contributed by atoms with E-state index in [0.29, 0.717) is 31.8 Å². The van der Waals surface area contributed by atoms with E-state index >= 15 is 0 Å². The summed E-state index contributed by atoms with van der Waals surface area (Å²) >= 11 is 0. The van der Waals surface area contributed by atoms with Crippen LogP contribution in [0.4, 0.5) is 5.82 Å². The third-order valence-corrected chi connectivity index (χ3v) is 5.15. The fraction of sp³-hybridized carbons (Fsp3) is 0.722. The largest absolute Gasteiger partial charge is 0.374 e. The van der Waals surface area contributed by atoms with E-state index in [0.717, 1.165) is 31.7 Å². The minimum Gasteiger partial charge on any atom is -0.374 e. The number of hydrogen-bond acceptors (Lipinski definition) is 6. The van der Waals surface area contributed by atoms with E-state index in [-0.39, 0.29) is 12.0 Å². The molecule has 0 saturated carbocycles. The number of hydrogen-bond donors (Lipinski definition) is 1. The summed E-state index contributed by atoms with van der Waals surface area (Å²) in [5.41, 5.74) is 0. The van der Waals surface area contributed by atoms with Crippen LogP contribution >= 0.6 is 0 Å². The van der Waals surface area contributed by atoms with Gasteiger partial charge in [0, 0.05) is 37.9 Å². The number of piperidine rings is 1. The number of nitrogens with zero attached hydrogens (tertiary/aromatic N) is 4. The Kier molecular flexibility index (Phi) is 6.20. The van der Waals surface area contributed by atoms with Crippen LogP contribution in [0.5, 0.6) is 0 Å². The fourth-order valence-electron chi connectivity index (χ4n) is 3.85. The number of carbonyl (C=O) groups excluding carboxylic acids is 1. The van der Waals surface area contributed by atoms with Gasteiger partial charge >= 0.3 is 0 Å². The van der Waals surface area contributed by atoms with Crippen LogP contribution in [0.2, 0.25) is 0 Å². The molecule has 2 aliphatic rings. The Bertz CT molecular complexity index is 546. The van der Waals surface area contributed by atoms with E-state index in [1.165, 1.54) is 6.42 Å². The van der Waals surface area contributed by atoms with Crippen molar-refractivity contribution in [2.75, 3.05) is 38.1 Å². The summed E-state index contributed by atoms with van der Waals surface area (Å²) < 4.78 is 5.82. The summed E-state index contributed by atoms with van der Waals surface area (Å²) in [5.74, 6) is 0.998. The highest BCUT2D eigenvalue weighted by atomic mass is 16.5. The maximum absolute atomic E-state index is 12.8. The molecule has 7 nitrogen and oxygen atoms in total. The molecule has 0 aliphatic carbocycles. The van der Waals surface area contributed by atoms with Gasteiger partial charge in [0.25, 0.3) is 0 Å². The number of rotatable bonds is 5. The van der Waals surface area contributed by atoms with Crippen molar-refractivity contribution >= 4 is 11.7 Å². The maximum Gasteiger partial charge on any atom is 0.237 e. The number of carbonyl (C=O) groups is 1. The van der Waals surface area contributed by atoms with E-state index in [4.69, 9.17) is 4.74 Å². The van der Waals surface area contributed by atoms with Crippen LogP contribution < -0.4 is 5.32 Å². The first-order valence-corrected chi connectivity index (χ1v) is 9.30. The molecule has 1 N–H and O–H groups in total. The quantitative estimate of drug-likeness (QED) is 0.868. The van der Waals surface area contributed by atoms with Crippen molar-refractivity contribution in [3.05, 3.63) is 18.3 Å². The summed E-state index contributed by atoms with van der Waals surface area (Å²) in [6, 6.07) is 4.44. The monoisotopic (exact) mass is 347 g/mol. The van der Waals surface area contributed by atoms with Crippen LogP contribution in [-0.4, -0.2) is 76.9 Å². The zero-order chi connectivity index (χ0) is 17.6. The molecule has 0 unspecified atom stereocenters. The van der Waals surface area contributed by atoms with E-state index in [2.05, 4.69) is 39.2 Å².